The van der Waals surface area contributed by atoms with Crippen LogP contribution in [0.2, 0.25) is 0 Å². The second-order valence-electron chi connectivity index (χ2n) is 4.13. The zero-order chi connectivity index (χ0) is 14.5. The number of halogens is 1. The van der Waals surface area contributed by atoms with E-state index in [9.17, 15) is 0 Å². The van der Waals surface area contributed by atoms with E-state index in [1.54, 1.807) is 13.4 Å². The molecule has 20 heavy (non-hydrogen) atoms. The molecule has 2 aromatic heterocycles. The molecule has 0 amide bonds. The Morgan fingerprint density at radius 3 is 2.80 bits per heavy atom. The topological polar surface area (TPSA) is 61.2 Å². The lowest BCUT2D eigenvalue weighted by Crippen LogP contribution is -2.17. The molecule has 0 spiro atoms. The van der Waals surface area contributed by atoms with Crippen LogP contribution in [0.4, 0.5) is 0 Å². The second-order valence-corrected chi connectivity index (χ2v) is 4.35. The fourth-order valence-electron chi connectivity index (χ4n) is 1.83. The molecule has 0 aromatic carbocycles. The van der Waals surface area contributed by atoms with Gasteiger partial charge < -0.3 is 14.0 Å². The normalized spacial score (nSPS) is 12.4. The van der Waals surface area contributed by atoms with Crippen molar-refractivity contribution in [3.63, 3.8) is 0 Å². The molecule has 0 fully saturated rings. The summed E-state index contributed by atoms with van der Waals surface area (Å²) in [5.41, 5.74) is 2.38. The number of aryl methyl sites for hydroxylation is 1. The van der Waals surface area contributed by atoms with Crippen molar-refractivity contribution in [1.82, 2.24) is 19.4 Å². The zero-order valence-corrected chi connectivity index (χ0v) is 12.4. The number of nitrogens with zero attached hydrogens (tertiary/aromatic N) is 3. The van der Waals surface area contributed by atoms with E-state index in [-0.39, 0.29) is 0 Å². The summed E-state index contributed by atoms with van der Waals surface area (Å²) in [7, 11) is 1.57. The van der Waals surface area contributed by atoms with Gasteiger partial charge in [-0.1, -0.05) is 0 Å². The van der Waals surface area contributed by atoms with Crippen LogP contribution in [0.1, 0.15) is 24.5 Å². The summed E-state index contributed by atoms with van der Waals surface area (Å²) in [5.74, 6) is 0.483. The van der Waals surface area contributed by atoms with E-state index in [0.29, 0.717) is 18.2 Å². The highest BCUT2D eigenvalue weighted by molar-refractivity contribution is 6.13. The summed E-state index contributed by atoms with van der Waals surface area (Å²) in [6.07, 6.45) is 3.14. The van der Waals surface area contributed by atoms with Crippen molar-refractivity contribution < 1.29 is 9.47 Å². The fraction of sp³-hybridized carbons (Fsp3) is 0.385. The lowest BCUT2D eigenvalue weighted by Gasteiger charge is -2.16. The van der Waals surface area contributed by atoms with Crippen molar-refractivity contribution in [2.45, 2.75) is 20.1 Å². The number of nitrogens with one attached hydrogen (secondary N) is 1. The molecule has 2 aromatic rings. The largest absolute Gasteiger partial charge is 0.479 e. The standard InChI is InChI=1S/C13H17ClN4O2/c1-4-20-12(17-14)10-5-6-11(13(16-10)19-3)18-7-9(2)15-8-18/h5-8,12,17H,4H2,1-3H3. The first-order valence-electron chi connectivity index (χ1n) is 6.23. The SMILES string of the molecule is CCOC(NCl)c1ccc(-n2cnc(C)c2)c(OC)n1. The van der Waals surface area contributed by atoms with Gasteiger partial charge in [-0.3, -0.25) is 0 Å². The van der Waals surface area contributed by atoms with Crippen LogP contribution in [0.3, 0.4) is 0 Å². The van der Waals surface area contributed by atoms with Crippen molar-refractivity contribution in [2.75, 3.05) is 13.7 Å². The lowest BCUT2D eigenvalue weighted by molar-refractivity contribution is 0.0516. The van der Waals surface area contributed by atoms with E-state index in [1.807, 2.05) is 36.7 Å². The molecule has 0 aliphatic rings. The summed E-state index contributed by atoms with van der Waals surface area (Å²) in [5, 5.41) is 0. The molecule has 0 radical (unpaired) electrons. The highest BCUT2D eigenvalue weighted by atomic mass is 35.5. The Hall–Kier alpha value is -1.63. The minimum atomic E-state index is -0.478. The number of rotatable bonds is 6. The molecule has 6 nitrogen and oxygen atoms in total. The van der Waals surface area contributed by atoms with Crippen LogP contribution >= 0.6 is 11.8 Å². The van der Waals surface area contributed by atoms with E-state index in [1.165, 1.54) is 0 Å². The third-order valence-electron chi connectivity index (χ3n) is 2.75. The first-order chi connectivity index (χ1) is 9.69. The Bertz CT molecular complexity index is 573. The van der Waals surface area contributed by atoms with Gasteiger partial charge in [0.05, 0.1) is 24.8 Å². The third-order valence-corrected chi connectivity index (χ3v) is 2.94. The minimum Gasteiger partial charge on any atom is -0.479 e. The number of hydrogen-bond acceptors (Lipinski definition) is 5. The maximum Gasteiger partial charge on any atom is 0.238 e. The van der Waals surface area contributed by atoms with Gasteiger partial charge in [0.25, 0.3) is 0 Å². The van der Waals surface area contributed by atoms with Gasteiger partial charge in [0.15, 0.2) is 6.23 Å². The Kier molecular flexibility index (Phi) is 4.94. The lowest BCUT2D eigenvalue weighted by atomic mass is 10.3. The number of aromatic nitrogens is 3. The molecule has 0 saturated carbocycles. The molecule has 108 valence electrons. The number of methoxy groups -OCH3 is 1. The highest BCUT2D eigenvalue weighted by Gasteiger charge is 2.15. The van der Waals surface area contributed by atoms with Crippen molar-refractivity contribution in [3.8, 4) is 11.6 Å². The summed E-state index contributed by atoms with van der Waals surface area (Å²) >= 11 is 5.67. The molecule has 7 heteroatoms. The Morgan fingerprint density at radius 2 is 2.25 bits per heavy atom. The van der Waals surface area contributed by atoms with Gasteiger partial charge in [-0.05, 0) is 37.8 Å². The summed E-state index contributed by atoms with van der Waals surface area (Å²) < 4.78 is 12.6. The average Bonchev–Trinajstić information content (AvgIpc) is 2.90. The van der Waals surface area contributed by atoms with Gasteiger partial charge in [0, 0.05) is 12.8 Å². The molecule has 1 N–H and O–H groups in total. The van der Waals surface area contributed by atoms with Gasteiger partial charge in [0.1, 0.15) is 5.69 Å². The highest BCUT2D eigenvalue weighted by Crippen LogP contribution is 2.24. The van der Waals surface area contributed by atoms with Gasteiger partial charge >= 0.3 is 0 Å². The van der Waals surface area contributed by atoms with Crippen LogP contribution in [0.25, 0.3) is 5.69 Å². The predicted octanol–water partition coefficient (Wildman–Crippen LogP) is 2.36. The smallest absolute Gasteiger partial charge is 0.238 e. The molecule has 2 rings (SSSR count). The molecule has 0 aliphatic heterocycles. The van der Waals surface area contributed by atoms with Crippen molar-refractivity contribution >= 4 is 11.8 Å². The molecule has 0 bridgehead atoms. The maximum absolute atomic E-state index is 5.67. The van der Waals surface area contributed by atoms with E-state index >= 15 is 0 Å². The number of pyridine rings is 1. The van der Waals surface area contributed by atoms with Crippen LogP contribution in [0.5, 0.6) is 5.88 Å². The third kappa shape index (κ3) is 3.09. The van der Waals surface area contributed by atoms with E-state index < -0.39 is 6.23 Å². The zero-order valence-electron chi connectivity index (χ0n) is 11.6. The van der Waals surface area contributed by atoms with E-state index in [0.717, 1.165) is 11.4 Å². The van der Waals surface area contributed by atoms with Crippen LogP contribution in [-0.4, -0.2) is 28.3 Å². The molecule has 0 saturated heterocycles. The first kappa shape index (κ1) is 14.8. The van der Waals surface area contributed by atoms with Crippen LogP contribution in [-0.2, 0) is 4.74 Å². The summed E-state index contributed by atoms with van der Waals surface area (Å²) in [4.78, 5) is 11.2. The predicted molar refractivity (Wildman–Crippen MR) is 76.0 cm³/mol. The molecular formula is C13H17ClN4O2. The Labute approximate surface area is 122 Å². The minimum absolute atomic E-state index is 0.478. The maximum atomic E-state index is 5.67. The molecular weight excluding hydrogens is 280 g/mol. The fourth-order valence-corrected chi connectivity index (χ4v) is 2.01. The summed E-state index contributed by atoms with van der Waals surface area (Å²) in [6, 6.07) is 3.73. The van der Waals surface area contributed by atoms with Gasteiger partial charge in [-0.25, -0.2) is 14.8 Å². The first-order valence-corrected chi connectivity index (χ1v) is 6.61. The number of ether oxygens (including phenoxy) is 2. The van der Waals surface area contributed by atoms with Crippen molar-refractivity contribution in [1.29, 1.82) is 0 Å². The molecule has 1 atom stereocenters. The molecule has 1 unspecified atom stereocenters. The quantitative estimate of drug-likeness (QED) is 0.655. The average molecular weight is 297 g/mol. The Morgan fingerprint density at radius 1 is 1.45 bits per heavy atom. The molecule has 2 heterocycles. The van der Waals surface area contributed by atoms with Crippen molar-refractivity contribution in [3.05, 3.63) is 36.0 Å². The summed E-state index contributed by atoms with van der Waals surface area (Å²) in [6.45, 7) is 4.34. The van der Waals surface area contributed by atoms with Gasteiger partial charge in [-0.15, -0.1) is 0 Å². The van der Waals surface area contributed by atoms with E-state index in [4.69, 9.17) is 21.3 Å². The van der Waals surface area contributed by atoms with Crippen LogP contribution < -0.4 is 9.57 Å². The number of hydrogen-bond donors (Lipinski definition) is 1. The Balaban J connectivity index is 2.37. The second kappa shape index (κ2) is 6.69. The van der Waals surface area contributed by atoms with Gasteiger partial charge in [-0.2, -0.15) is 0 Å². The van der Waals surface area contributed by atoms with E-state index in [2.05, 4.69) is 14.8 Å². The number of imidazole rings is 1. The van der Waals surface area contributed by atoms with Crippen molar-refractivity contribution in [2.24, 2.45) is 0 Å². The molecule has 0 aliphatic carbocycles. The van der Waals surface area contributed by atoms with Crippen LogP contribution in [0, 0.1) is 6.92 Å². The van der Waals surface area contributed by atoms with Crippen LogP contribution in [0.15, 0.2) is 24.7 Å². The van der Waals surface area contributed by atoms with Gasteiger partial charge in [0.2, 0.25) is 5.88 Å². The monoisotopic (exact) mass is 296 g/mol.